The van der Waals surface area contributed by atoms with Gasteiger partial charge in [-0.1, -0.05) is 60.1 Å². The summed E-state index contributed by atoms with van der Waals surface area (Å²) in [6.07, 6.45) is 1.45. The number of pyridine rings is 1. The number of fused-ring (bicyclic) bond motifs is 1. The van der Waals surface area contributed by atoms with E-state index in [4.69, 9.17) is 21.1 Å². The van der Waals surface area contributed by atoms with Gasteiger partial charge >= 0.3 is 5.97 Å². The van der Waals surface area contributed by atoms with Crippen LogP contribution in [0.25, 0.3) is 10.9 Å². The van der Waals surface area contributed by atoms with Gasteiger partial charge < -0.3 is 14.8 Å². The zero-order valence-corrected chi connectivity index (χ0v) is 23.2. The Morgan fingerprint density at radius 1 is 1.03 bits per heavy atom. The number of carbonyl (C=O) groups is 1. The number of aromatic nitrogens is 1. The normalized spacial score (nSPS) is 15.2. The number of esters is 1. The summed E-state index contributed by atoms with van der Waals surface area (Å²) in [4.78, 5) is 20.0. The van der Waals surface area contributed by atoms with Gasteiger partial charge in [-0.3, -0.25) is 14.7 Å². The first-order valence-electron chi connectivity index (χ1n) is 13.5. The van der Waals surface area contributed by atoms with Crippen LogP contribution in [0, 0.1) is 6.92 Å². The molecule has 0 spiro atoms. The third kappa shape index (κ3) is 6.18. The molecule has 1 aliphatic rings. The number of carbonyl (C=O) groups excluding carboxylic acids is 1. The van der Waals surface area contributed by atoms with E-state index in [1.165, 1.54) is 0 Å². The summed E-state index contributed by atoms with van der Waals surface area (Å²) in [7, 11) is 0. The predicted molar refractivity (Wildman–Crippen MR) is 157 cm³/mol. The van der Waals surface area contributed by atoms with Gasteiger partial charge in [0.2, 0.25) is 0 Å². The number of ether oxygens (including phenoxy) is 2. The van der Waals surface area contributed by atoms with Crippen LogP contribution in [0.2, 0.25) is 5.02 Å². The SMILES string of the molecule is CCOC(=O)C1(c2ccccc2)CCN(CCOc2cc(Cl)cc(Nc3cc(C)nc4ccccc34)c2)CC1. The van der Waals surface area contributed by atoms with Crippen LogP contribution in [-0.2, 0) is 14.9 Å². The second-order valence-electron chi connectivity index (χ2n) is 9.99. The van der Waals surface area contributed by atoms with Gasteiger partial charge in [-0.15, -0.1) is 0 Å². The van der Waals surface area contributed by atoms with Crippen LogP contribution < -0.4 is 10.1 Å². The molecular weight excluding hydrogens is 510 g/mol. The van der Waals surface area contributed by atoms with E-state index in [0.717, 1.165) is 66.0 Å². The van der Waals surface area contributed by atoms with Gasteiger partial charge in [-0.2, -0.15) is 0 Å². The number of likely N-dealkylation sites (tertiary alicyclic amines) is 1. The van der Waals surface area contributed by atoms with Gasteiger partial charge in [-0.05, 0) is 69.6 Å². The van der Waals surface area contributed by atoms with E-state index in [0.29, 0.717) is 24.0 Å². The minimum Gasteiger partial charge on any atom is -0.492 e. The lowest BCUT2D eigenvalue weighted by atomic mass is 9.72. The highest BCUT2D eigenvalue weighted by Gasteiger charge is 2.44. The van der Waals surface area contributed by atoms with Gasteiger partial charge in [0.25, 0.3) is 0 Å². The molecule has 0 atom stereocenters. The molecule has 2 heterocycles. The van der Waals surface area contributed by atoms with Crippen molar-refractivity contribution in [3.05, 3.63) is 95.1 Å². The minimum atomic E-state index is -0.586. The molecule has 1 fully saturated rings. The lowest BCUT2D eigenvalue weighted by Crippen LogP contribution is -2.48. The standard InChI is InChI=1S/C32H34ClN3O3/c1-3-38-31(37)32(24-9-5-4-6-10-24)13-15-36(16-14-32)17-18-39-27-21-25(33)20-26(22-27)35-30-19-23(2)34-29-12-8-7-11-28(29)30/h4-12,19-22H,3,13-18H2,1-2H3,(H,34,35). The molecule has 1 aromatic heterocycles. The third-order valence-corrected chi connectivity index (χ3v) is 7.59. The number of piperidine rings is 1. The molecule has 3 aromatic carbocycles. The molecule has 1 N–H and O–H groups in total. The number of anilines is 2. The van der Waals surface area contributed by atoms with E-state index < -0.39 is 5.41 Å². The Labute approximate surface area is 234 Å². The summed E-state index contributed by atoms with van der Waals surface area (Å²) in [6, 6.07) is 25.8. The smallest absolute Gasteiger partial charge is 0.316 e. The predicted octanol–water partition coefficient (Wildman–Crippen LogP) is 6.92. The van der Waals surface area contributed by atoms with Gasteiger partial charge in [0.05, 0.1) is 17.5 Å². The molecule has 202 valence electrons. The average molecular weight is 544 g/mol. The quantitative estimate of drug-likeness (QED) is 0.231. The molecule has 1 aliphatic heterocycles. The number of nitrogens with zero attached hydrogens (tertiary/aromatic N) is 2. The fourth-order valence-electron chi connectivity index (χ4n) is 5.37. The first-order valence-corrected chi connectivity index (χ1v) is 13.9. The Bertz CT molecular complexity index is 1440. The van der Waals surface area contributed by atoms with Crippen molar-refractivity contribution in [2.75, 3.05) is 38.2 Å². The van der Waals surface area contributed by atoms with Crippen molar-refractivity contribution in [2.24, 2.45) is 0 Å². The van der Waals surface area contributed by atoms with E-state index in [9.17, 15) is 4.79 Å². The van der Waals surface area contributed by atoms with E-state index in [1.54, 1.807) is 0 Å². The van der Waals surface area contributed by atoms with Crippen LogP contribution >= 0.6 is 11.6 Å². The largest absolute Gasteiger partial charge is 0.492 e. The first kappa shape index (κ1) is 27.0. The van der Waals surface area contributed by atoms with Crippen molar-refractivity contribution in [3.63, 3.8) is 0 Å². The summed E-state index contributed by atoms with van der Waals surface area (Å²) in [5.74, 6) is 0.588. The van der Waals surface area contributed by atoms with Crippen LogP contribution in [0.3, 0.4) is 0 Å². The summed E-state index contributed by atoms with van der Waals surface area (Å²) in [5, 5.41) is 5.14. The molecular formula is C32H34ClN3O3. The Balaban J connectivity index is 1.21. The minimum absolute atomic E-state index is 0.122. The van der Waals surface area contributed by atoms with Crippen molar-refractivity contribution in [1.82, 2.24) is 9.88 Å². The van der Waals surface area contributed by atoms with Crippen molar-refractivity contribution < 1.29 is 14.3 Å². The zero-order valence-electron chi connectivity index (χ0n) is 22.5. The van der Waals surface area contributed by atoms with Crippen LogP contribution in [-0.4, -0.2) is 48.7 Å². The number of aryl methyl sites for hydroxylation is 1. The molecule has 0 amide bonds. The molecule has 1 saturated heterocycles. The maximum atomic E-state index is 13.0. The first-order chi connectivity index (χ1) is 19.0. The molecule has 0 bridgehead atoms. The van der Waals surface area contributed by atoms with Gasteiger partial charge in [0.15, 0.2) is 0 Å². The number of rotatable bonds is 9. The molecule has 6 nitrogen and oxygen atoms in total. The number of benzene rings is 3. The fraction of sp³-hybridized carbons (Fsp3) is 0.312. The maximum absolute atomic E-state index is 13.0. The van der Waals surface area contributed by atoms with E-state index in [2.05, 4.69) is 21.3 Å². The average Bonchev–Trinajstić information content (AvgIpc) is 2.94. The molecule has 0 aliphatic carbocycles. The molecule has 0 radical (unpaired) electrons. The summed E-state index contributed by atoms with van der Waals surface area (Å²) < 4.78 is 11.6. The lowest BCUT2D eigenvalue weighted by Gasteiger charge is -2.40. The van der Waals surface area contributed by atoms with Crippen molar-refractivity contribution in [3.8, 4) is 5.75 Å². The molecule has 5 rings (SSSR count). The van der Waals surface area contributed by atoms with E-state index >= 15 is 0 Å². The summed E-state index contributed by atoms with van der Waals surface area (Å²) in [6.45, 7) is 7.12. The van der Waals surface area contributed by atoms with Crippen LogP contribution in [0.4, 0.5) is 11.4 Å². The lowest BCUT2D eigenvalue weighted by molar-refractivity contribution is -0.152. The Morgan fingerprint density at radius 2 is 1.77 bits per heavy atom. The Morgan fingerprint density at radius 3 is 2.54 bits per heavy atom. The highest BCUT2D eigenvalue weighted by atomic mass is 35.5. The summed E-state index contributed by atoms with van der Waals surface area (Å²) in [5.41, 5.74) is 4.17. The zero-order chi connectivity index (χ0) is 27.2. The van der Waals surface area contributed by atoms with E-state index in [-0.39, 0.29) is 5.97 Å². The van der Waals surface area contributed by atoms with E-state index in [1.807, 2.05) is 86.6 Å². The number of hydrogen-bond donors (Lipinski definition) is 1. The van der Waals surface area contributed by atoms with Crippen LogP contribution in [0.1, 0.15) is 31.0 Å². The number of nitrogens with one attached hydrogen (secondary N) is 1. The Hall–Kier alpha value is -3.61. The van der Waals surface area contributed by atoms with Crippen molar-refractivity contribution in [1.29, 1.82) is 0 Å². The van der Waals surface area contributed by atoms with Crippen molar-refractivity contribution in [2.45, 2.75) is 32.1 Å². The maximum Gasteiger partial charge on any atom is 0.316 e. The second kappa shape index (κ2) is 12.1. The second-order valence-corrected chi connectivity index (χ2v) is 10.4. The monoisotopic (exact) mass is 543 g/mol. The summed E-state index contributed by atoms with van der Waals surface area (Å²) >= 11 is 6.45. The van der Waals surface area contributed by atoms with Crippen LogP contribution in [0.15, 0.2) is 78.9 Å². The molecule has 4 aromatic rings. The highest BCUT2D eigenvalue weighted by molar-refractivity contribution is 6.31. The molecule has 0 saturated carbocycles. The third-order valence-electron chi connectivity index (χ3n) is 7.37. The Kier molecular flexibility index (Phi) is 8.34. The molecule has 7 heteroatoms. The van der Waals surface area contributed by atoms with Gasteiger partial charge in [0.1, 0.15) is 12.4 Å². The number of halogens is 1. The molecule has 39 heavy (non-hydrogen) atoms. The number of hydrogen-bond acceptors (Lipinski definition) is 6. The molecule has 0 unspecified atom stereocenters. The fourth-order valence-corrected chi connectivity index (χ4v) is 5.60. The highest BCUT2D eigenvalue weighted by Crippen LogP contribution is 2.37. The number of para-hydroxylation sites is 1. The topological polar surface area (TPSA) is 63.7 Å². The van der Waals surface area contributed by atoms with Gasteiger partial charge in [-0.25, -0.2) is 0 Å². The van der Waals surface area contributed by atoms with Crippen LogP contribution in [0.5, 0.6) is 5.75 Å². The van der Waals surface area contributed by atoms with Crippen molar-refractivity contribution >= 4 is 39.8 Å². The van der Waals surface area contributed by atoms with Gasteiger partial charge in [0, 0.05) is 40.1 Å².